The molecule has 1 heterocycles. The number of hydrogen-bond acceptors (Lipinski definition) is 3. The third-order valence-electron chi connectivity index (χ3n) is 5.75. The largest absolute Gasteiger partial charge is 1.00 e. The van der Waals surface area contributed by atoms with E-state index in [1.807, 2.05) is 30.3 Å². The molecule has 0 bridgehead atoms. The van der Waals surface area contributed by atoms with E-state index in [1.54, 1.807) is 11.3 Å². The first-order valence-corrected chi connectivity index (χ1v) is 10.4. The van der Waals surface area contributed by atoms with E-state index in [0.29, 0.717) is 5.92 Å². The van der Waals surface area contributed by atoms with Crippen LogP contribution in [0.25, 0.3) is 0 Å². The summed E-state index contributed by atoms with van der Waals surface area (Å²) in [5.41, 5.74) is 1.31. The predicted molar refractivity (Wildman–Crippen MR) is 102 cm³/mol. The molecule has 3 unspecified atom stereocenters. The molecule has 1 saturated carbocycles. The fourth-order valence-electron chi connectivity index (χ4n) is 4.15. The van der Waals surface area contributed by atoms with Gasteiger partial charge in [-0.15, -0.1) is 0 Å². The molecular weight excluding hydrogens is 366 g/mol. The van der Waals surface area contributed by atoms with Crippen LogP contribution in [0.5, 0.6) is 0 Å². The highest BCUT2D eigenvalue weighted by atomic mass is 35.5. The van der Waals surface area contributed by atoms with E-state index in [2.05, 4.69) is 29.1 Å². The van der Waals surface area contributed by atoms with Gasteiger partial charge in [0.05, 0.1) is 12.1 Å². The zero-order chi connectivity index (χ0) is 17.7. The Hall–Kier alpha value is -0.910. The second-order valence-corrected chi connectivity index (χ2v) is 8.19. The second kappa shape index (κ2) is 9.86. The Morgan fingerprint density at radius 3 is 2.50 bits per heavy atom. The van der Waals surface area contributed by atoms with E-state index in [-0.39, 0.29) is 18.4 Å². The van der Waals surface area contributed by atoms with Gasteiger partial charge in [0.2, 0.25) is 0 Å². The van der Waals surface area contributed by atoms with Crippen molar-refractivity contribution in [3.63, 3.8) is 0 Å². The summed E-state index contributed by atoms with van der Waals surface area (Å²) in [4.78, 5) is 0. The first kappa shape index (κ1) is 21.4. The molecule has 4 N–H and O–H groups in total. The Balaban J connectivity index is 0.00000243. The second-order valence-electron chi connectivity index (χ2n) is 7.41. The zero-order valence-corrected chi connectivity index (χ0v) is 16.9. The SMILES string of the molecule is CC([NH2+]CCC(O)(c1ccsc1)C1CCCC1)C(O)c1ccccc1.[Cl-]. The third kappa shape index (κ3) is 4.87. The third-order valence-corrected chi connectivity index (χ3v) is 6.44. The van der Waals surface area contributed by atoms with Gasteiger partial charge >= 0.3 is 0 Å². The van der Waals surface area contributed by atoms with Gasteiger partial charge in [-0.25, -0.2) is 0 Å². The fourth-order valence-corrected chi connectivity index (χ4v) is 4.88. The molecule has 1 aromatic heterocycles. The quantitative estimate of drug-likeness (QED) is 0.598. The lowest BCUT2D eigenvalue weighted by atomic mass is 9.79. The van der Waals surface area contributed by atoms with Crippen LogP contribution < -0.4 is 17.7 Å². The summed E-state index contributed by atoms with van der Waals surface area (Å²) in [6.45, 7) is 2.87. The van der Waals surface area contributed by atoms with Gasteiger partial charge in [0.1, 0.15) is 12.1 Å². The van der Waals surface area contributed by atoms with E-state index in [0.717, 1.165) is 36.9 Å². The number of quaternary nitrogens is 1. The zero-order valence-electron chi connectivity index (χ0n) is 15.4. The maximum Gasteiger partial charge on any atom is 0.130 e. The van der Waals surface area contributed by atoms with Gasteiger partial charge in [-0.2, -0.15) is 11.3 Å². The van der Waals surface area contributed by atoms with E-state index in [1.165, 1.54) is 12.8 Å². The van der Waals surface area contributed by atoms with Gasteiger partial charge in [-0.1, -0.05) is 43.2 Å². The van der Waals surface area contributed by atoms with Crippen molar-refractivity contribution in [3.8, 4) is 0 Å². The Bertz CT molecular complexity index is 631. The number of halogens is 1. The number of benzene rings is 1. The van der Waals surface area contributed by atoms with Crippen LogP contribution in [0.3, 0.4) is 0 Å². The molecule has 0 amide bonds. The van der Waals surface area contributed by atoms with Gasteiger partial charge in [0.25, 0.3) is 0 Å². The lowest BCUT2D eigenvalue weighted by molar-refractivity contribution is -0.696. The minimum absolute atomic E-state index is 0. The van der Waals surface area contributed by atoms with Crippen LogP contribution in [0, 0.1) is 5.92 Å². The molecule has 3 rings (SSSR count). The summed E-state index contributed by atoms with van der Waals surface area (Å²) >= 11 is 1.66. The Kier molecular flexibility index (Phi) is 8.11. The van der Waals surface area contributed by atoms with Gasteiger partial charge in [0.15, 0.2) is 0 Å². The first-order chi connectivity index (χ1) is 12.1. The maximum absolute atomic E-state index is 11.5. The number of nitrogens with two attached hydrogens (primary N) is 1. The topological polar surface area (TPSA) is 57.1 Å². The molecule has 3 nitrogen and oxygen atoms in total. The summed E-state index contributed by atoms with van der Waals surface area (Å²) in [5, 5.41) is 28.3. The van der Waals surface area contributed by atoms with Gasteiger partial charge in [-0.3, -0.25) is 0 Å². The molecule has 1 aliphatic rings. The Morgan fingerprint density at radius 2 is 1.88 bits per heavy atom. The Morgan fingerprint density at radius 1 is 1.19 bits per heavy atom. The van der Waals surface area contributed by atoms with Crippen molar-refractivity contribution in [2.75, 3.05) is 6.54 Å². The molecule has 0 saturated heterocycles. The molecule has 1 aromatic carbocycles. The van der Waals surface area contributed by atoms with Crippen molar-refractivity contribution in [2.24, 2.45) is 5.92 Å². The number of aliphatic hydroxyl groups excluding tert-OH is 1. The standard InChI is InChI=1S/C21H29NO2S.ClH/c1-16(20(23)17-7-3-2-4-8-17)22-13-12-21(24,18-9-5-6-10-18)19-11-14-25-15-19;/h2-4,7-8,11,14-16,18,20,22-24H,5-6,9-10,12-13H2,1H3;1H. The van der Waals surface area contributed by atoms with Gasteiger partial charge in [0, 0.05) is 6.42 Å². The molecule has 0 spiro atoms. The van der Waals surface area contributed by atoms with Crippen LogP contribution in [0.4, 0.5) is 0 Å². The lowest BCUT2D eigenvalue weighted by Gasteiger charge is -2.34. The van der Waals surface area contributed by atoms with Gasteiger partial charge < -0.3 is 27.9 Å². The molecule has 144 valence electrons. The fraction of sp³-hybridized carbons (Fsp3) is 0.524. The number of hydrogen-bond donors (Lipinski definition) is 3. The Labute approximate surface area is 166 Å². The summed E-state index contributed by atoms with van der Waals surface area (Å²) in [5.74, 6) is 0.366. The normalized spacial score (nSPS) is 19.5. The molecule has 1 aliphatic carbocycles. The monoisotopic (exact) mass is 395 g/mol. The smallest absolute Gasteiger partial charge is 0.130 e. The highest BCUT2D eigenvalue weighted by Gasteiger charge is 2.40. The number of thiophene rings is 1. The minimum atomic E-state index is -0.718. The summed E-state index contributed by atoms with van der Waals surface area (Å²) in [6.07, 6.45) is 4.94. The molecule has 5 heteroatoms. The van der Waals surface area contributed by atoms with Crippen LogP contribution >= 0.6 is 11.3 Å². The highest BCUT2D eigenvalue weighted by Crippen LogP contribution is 2.43. The molecule has 1 fully saturated rings. The minimum Gasteiger partial charge on any atom is -1.00 e. The van der Waals surface area contributed by atoms with E-state index >= 15 is 0 Å². The molecular formula is C21H30ClNO2S. The van der Waals surface area contributed by atoms with Crippen molar-refractivity contribution < 1.29 is 27.9 Å². The van der Waals surface area contributed by atoms with E-state index in [9.17, 15) is 10.2 Å². The summed E-state index contributed by atoms with van der Waals surface area (Å²) in [6, 6.07) is 12.0. The number of aliphatic hydroxyl groups is 2. The van der Waals surface area contributed by atoms with Crippen molar-refractivity contribution >= 4 is 11.3 Å². The highest BCUT2D eigenvalue weighted by molar-refractivity contribution is 7.08. The van der Waals surface area contributed by atoms with Crippen LogP contribution in [-0.2, 0) is 5.60 Å². The lowest BCUT2D eigenvalue weighted by Crippen LogP contribution is -3.00. The molecule has 3 atom stereocenters. The predicted octanol–water partition coefficient (Wildman–Crippen LogP) is 0.206. The van der Waals surface area contributed by atoms with Crippen molar-refractivity contribution in [1.29, 1.82) is 0 Å². The van der Waals surface area contributed by atoms with E-state index in [4.69, 9.17) is 0 Å². The van der Waals surface area contributed by atoms with Crippen molar-refractivity contribution in [1.82, 2.24) is 0 Å². The average molecular weight is 396 g/mol. The summed E-state index contributed by atoms with van der Waals surface area (Å²) < 4.78 is 0. The molecule has 0 aliphatic heterocycles. The summed E-state index contributed by atoms with van der Waals surface area (Å²) in [7, 11) is 0. The molecule has 2 aromatic rings. The van der Waals surface area contributed by atoms with Crippen molar-refractivity contribution in [2.45, 2.75) is 56.8 Å². The van der Waals surface area contributed by atoms with Gasteiger partial charge in [-0.05, 0) is 53.6 Å². The maximum atomic E-state index is 11.5. The van der Waals surface area contributed by atoms with Crippen LogP contribution in [0.15, 0.2) is 47.2 Å². The molecule has 26 heavy (non-hydrogen) atoms. The van der Waals surface area contributed by atoms with Crippen LogP contribution in [0.1, 0.15) is 56.3 Å². The van der Waals surface area contributed by atoms with Crippen LogP contribution in [0.2, 0.25) is 0 Å². The molecule has 0 radical (unpaired) electrons. The van der Waals surface area contributed by atoms with Crippen LogP contribution in [-0.4, -0.2) is 22.8 Å². The first-order valence-electron chi connectivity index (χ1n) is 9.42. The van der Waals surface area contributed by atoms with Crippen molar-refractivity contribution in [3.05, 3.63) is 58.3 Å². The average Bonchev–Trinajstić information content (AvgIpc) is 3.35. The number of rotatable bonds is 8. The van der Waals surface area contributed by atoms with E-state index < -0.39 is 11.7 Å².